The van der Waals surface area contributed by atoms with Crippen LogP contribution < -0.4 is 5.73 Å². The van der Waals surface area contributed by atoms with Crippen molar-refractivity contribution in [3.63, 3.8) is 0 Å². The van der Waals surface area contributed by atoms with Gasteiger partial charge in [0.15, 0.2) is 9.84 Å². The van der Waals surface area contributed by atoms with E-state index < -0.39 is 15.1 Å². The average Bonchev–Trinajstić information content (AvgIpc) is 2.67. The summed E-state index contributed by atoms with van der Waals surface area (Å²) in [6.45, 7) is 0.408. The Morgan fingerprint density at radius 1 is 1.10 bits per heavy atom. The van der Waals surface area contributed by atoms with Crippen molar-refractivity contribution in [2.24, 2.45) is 11.7 Å². The summed E-state index contributed by atoms with van der Waals surface area (Å²) in [5.74, 6) is 0.0250. The fourth-order valence-corrected chi connectivity index (χ4v) is 5.34. The topological polar surface area (TPSA) is 60.2 Å². The van der Waals surface area contributed by atoms with Crippen LogP contribution in [0.3, 0.4) is 0 Å². The lowest BCUT2D eigenvalue weighted by atomic mass is 10.0. The first-order valence-corrected chi connectivity index (χ1v) is 9.16. The first-order valence-electron chi connectivity index (χ1n) is 6.86. The van der Waals surface area contributed by atoms with Crippen LogP contribution in [0.1, 0.15) is 32.1 Å². The molecule has 112 valence electrons. The van der Waals surface area contributed by atoms with Crippen molar-refractivity contribution in [2.75, 3.05) is 6.54 Å². The zero-order valence-corrected chi connectivity index (χ0v) is 13.5. The number of benzene rings is 1. The molecule has 2 N–H and O–H groups in total. The van der Waals surface area contributed by atoms with E-state index in [1.165, 1.54) is 18.2 Å². The zero-order valence-electron chi connectivity index (χ0n) is 11.2. The molecule has 0 aliphatic heterocycles. The van der Waals surface area contributed by atoms with Crippen molar-refractivity contribution in [1.82, 2.24) is 0 Å². The maximum atomic E-state index is 12.8. The molecule has 0 radical (unpaired) electrons. The van der Waals surface area contributed by atoms with Crippen LogP contribution in [0.2, 0.25) is 10.0 Å². The summed E-state index contributed by atoms with van der Waals surface area (Å²) < 4.78 is 25.6. The molecular weight excluding hydrogens is 317 g/mol. The third kappa shape index (κ3) is 3.30. The van der Waals surface area contributed by atoms with E-state index >= 15 is 0 Å². The minimum Gasteiger partial charge on any atom is -0.330 e. The van der Waals surface area contributed by atoms with Crippen LogP contribution in [0.25, 0.3) is 0 Å². The van der Waals surface area contributed by atoms with Crippen LogP contribution >= 0.6 is 23.2 Å². The third-order valence-electron chi connectivity index (χ3n) is 4.01. The van der Waals surface area contributed by atoms with Crippen LogP contribution in [0.4, 0.5) is 0 Å². The summed E-state index contributed by atoms with van der Waals surface area (Å²) in [7, 11) is -3.41. The van der Waals surface area contributed by atoms with Crippen molar-refractivity contribution >= 4 is 33.0 Å². The predicted molar refractivity (Wildman–Crippen MR) is 83.1 cm³/mol. The average molecular weight is 336 g/mol. The molecule has 0 spiro atoms. The molecule has 0 amide bonds. The second-order valence-corrected chi connectivity index (χ2v) is 8.27. The highest BCUT2D eigenvalue weighted by Crippen LogP contribution is 2.33. The number of nitrogens with two attached hydrogens (primary N) is 1. The number of hydrogen-bond donors (Lipinski definition) is 1. The second kappa shape index (κ2) is 6.65. The van der Waals surface area contributed by atoms with Crippen LogP contribution in [-0.4, -0.2) is 20.2 Å². The van der Waals surface area contributed by atoms with Crippen molar-refractivity contribution in [3.8, 4) is 0 Å². The maximum Gasteiger partial charge on any atom is 0.181 e. The fourth-order valence-electron chi connectivity index (χ4n) is 2.86. The molecule has 1 aliphatic rings. The van der Waals surface area contributed by atoms with Gasteiger partial charge in [0.25, 0.3) is 0 Å². The van der Waals surface area contributed by atoms with Gasteiger partial charge in [-0.25, -0.2) is 8.42 Å². The molecule has 2 unspecified atom stereocenters. The summed E-state index contributed by atoms with van der Waals surface area (Å²) in [4.78, 5) is 0.247. The van der Waals surface area contributed by atoms with Gasteiger partial charge in [-0.3, -0.25) is 0 Å². The van der Waals surface area contributed by atoms with Crippen LogP contribution in [-0.2, 0) is 9.84 Å². The Bertz CT molecular complexity index is 575. The van der Waals surface area contributed by atoms with Crippen molar-refractivity contribution in [3.05, 3.63) is 28.2 Å². The molecular formula is C14H19Cl2NO2S. The maximum absolute atomic E-state index is 12.8. The normalized spacial score (nSPS) is 24.4. The molecule has 2 atom stereocenters. The van der Waals surface area contributed by atoms with Gasteiger partial charge in [-0.1, -0.05) is 42.5 Å². The van der Waals surface area contributed by atoms with E-state index in [1.54, 1.807) is 0 Å². The molecule has 3 nitrogen and oxygen atoms in total. The van der Waals surface area contributed by atoms with Crippen LogP contribution in [0, 0.1) is 5.92 Å². The Labute approximate surface area is 130 Å². The van der Waals surface area contributed by atoms with Gasteiger partial charge >= 0.3 is 0 Å². The lowest BCUT2D eigenvalue weighted by Gasteiger charge is -2.24. The molecule has 0 heterocycles. The van der Waals surface area contributed by atoms with E-state index in [4.69, 9.17) is 28.9 Å². The fraction of sp³-hybridized carbons (Fsp3) is 0.571. The smallest absolute Gasteiger partial charge is 0.181 e. The van der Waals surface area contributed by atoms with E-state index in [0.717, 1.165) is 25.7 Å². The highest BCUT2D eigenvalue weighted by molar-refractivity contribution is 7.92. The minimum atomic E-state index is -3.41. The zero-order chi connectivity index (χ0) is 14.8. The molecule has 0 aromatic heterocycles. The van der Waals surface area contributed by atoms with E-state index in [1.807, 2.05) is 0 Å². The van der Waals surface area contributed by atoms with Crippen LogP contribution in [0.15, 0.2) is 23.1 Å². The number of halogens is 2. The molecule has 6 heteroatoms. The van der Waals surface area contributed by atoms with Gasteiger partial charge in [0.1, 0.15) is 0 Å². The van der Waals surface area contributed by atoms with E-state index in [-0.39, 0.29) is 15.8 Å². The van der Waals surface area contributed by atoms with Gasteiger partial charge in [0.05, 0.1) is 20.2 Å². The lowest BCUT2D eigenvalue weighted by Crippen LogP contribution is -2.34. The van der Waals surface area contributed by atoms with Gasteiger partial charge in [-0.15, -0.1) is 0 Å². The summed E-state index contributed by atoms with van der Waals surface area (Å²) >= 11 is 11.8. The monoisotopic (exact) mass is 335 g/mol. The largest absolute Gasteiger partial charge is 0.330 e. The summed E-state index contributed by atoms with van der Waals surface area (Å²) in [5.41, 5.74) is 5.78. The first kappa shape index (κ1) is 16.1. The molecule has 20 heavy (non-hydrogen) atoms. The SMILES string of the molecule is NCC1CCCCCC1S(=O)(=O)c1ccc(Cl)c(Cl)c1. The van der Waals surface area contributed by atoms with E-state index in [0.29, 0.717) is 18.0 Å². The standard InChI is InChI=1S/C14H19Cl2NO2S/c15-12-7-6-11(8-13(12)16)20(18,19)14-5-3-1-2-4-10(14)9-17/h6-8,10,14H,1-5,9,17H2. The quantitative estimate of drug-likeness (QED) is 0.857. The van der Waals surface area contributed by atoms with Crippen molar-refractivity contribution in [1.29, 1.82) is 0 Å². The predicted octanol–water partition coefficient (Wildman–Crippen LogP) is 3.67. The van der Waals surface area contributed by atoms with Crippen molar-refractivity contribution in [2.45, 2.75) is 42.2 Å². The molecule has 0 saturated heterocycles. The molecule has 1 saturated carbocycles. The Morgan fingerprint density at radius 3 is 2.45 bits per heavy atom. The number of rotatable bonds is 3. The third-order valence-corrected chi connectivity index (χ3v) is 7.08. The highest BCUT2D eigenvalue weighted by atomic mass is 35.5. The van der Waals surface area contributed by atoms with Crippen LogP contribution in [0.5, 0.6) is 0 Å². The highest BCUT2D eigenvalue weighted by Gasteiger charge is 2.34. The molecule has 1 fully saturated rings. The van der Waals surface area contributed by atoms with Gasteiger partial charge in [-0.2, -0.15) is 0 Å². The van der Waals surface area contributed by atoms with Crippen molar-refractivity contribution < 1.29 is 8.42 Å². The molecule has 0 bridgehead atoms. The molecule has 1 aromatic rings. The lowest BCUT2D eigenvalue weighted by molar-refractivity contribution is 0.456. The summed E-state index contributed by atoms with van der Waals surface area (Å²) in [5, 5.41) is 0.222. The Morgan fingerprint density at radius 2 is 1.80 bits per heavy atom. The molecule has 1 aromatic carbocycles. The first-order chi connectivity index (χ1) is 9.46. The summed E-state index contributed by atoms with van der Waals surface area (Å²) in [6, 6.07) is 4.50. The van der Waals surface area contributed by atoms with Gasteiger partial charge in [0.2, 0.25) is 0 Å². The van der Waals surface area contributed by atoms with Gasteiger partial charge in [-0.05, 0) is 43.5 Å². The Hall–Kier alpha value is -0.290. The van der Waals surface area contributed by atoms with Gasteiger partial charge in [0, 0.05) is 0 Å². The Kier molecular flexibility index (Phi) is 5.35. The minimum absolute atomic E-state index is 0.0250. The van der Waals surface area contributed by atoms with E-state index in [9.17, 15) is 8.42 Å². The number of sulfone groups is 1. The van der Waals surface area contributed by atoms with Gasteiger partial charge < -0.3 is 5.73 Å². The Balaban J connectivity index is 2.38. The molecule has 2 rings (SSSR count). The van der Waals surface area contributed by atoms with E-state index in [2.05, 4.69) is 0 Å². The summed E-state index contributed by atoms with van der Waals surface area (Å²) in [6.07, 6.45) is 4.60. The number of hydrogen-bond acceptors (Lipinski definition) is 3. The molecule has 1 aliphatic carbocycles. The second-order valence-electron chi connectivity index (χ2n) is 5.29.